The van der Waals surface area contributed by atoms with Crippen LogP contribution in [0.2, 0.25) is 0 Å². The Morgan fingerprint density at radius 3 is 2.74 bits per heavy atom. The van der Waals surface area contributed by atoms with Gasteiger partial charge in [0.15, 0.2) is 0 Å². The molecule has 0 aliphatic carbocycles. The third kappa shape index (κ3) is 7.40. The number of aromatic nitrogens is 1. The van der Waals surface area contributed by atoms with E-state index in [2.05, 4.69) is 56.7 Å². The Hall–Kier alpha value is -3.36. The van der Waals surface area contributed by atoms with E-state index in [4.69, 9.17) is 9.47 Å². The average molecular weight is 547 g/mol. The molecule has 2 aromatic carbocycles. The molecule has 0 atom stereocenters. The maximum absolute atomic E-state index is 12.0. The number of piperazine rings is 1. The number of hydrogen-bond acceptors (Lipinski definition) is 7. The van der Waals surface area contributed by atoms with E-state index in [9.17, 15) is 4.79 Å². The fraction of sp³-hybridized carbons (Fsp3) is 0.419. The lowest BCUT2D eigenvalue weighted by molar-refractivity contribution is 0.198. The van der Waals surface area contributed by atoms with E-state index in [1.54, 1.807) is 6.07 Å². The number of carbonyl (C=O) groups excluding carboxylic acids is 1. The molecule has 1 amide bonds. The minimum Gasteiger partial charge on any atom is -0.494 e. The van der Waals surface area contributed by atoms with E-state index in [1.165, 1.54) is 15.8 Å². The molecule has 1 aliphatic rings. The van der Waals surface area contributed by atoms with Crippen LogP contribution in [-0.2, 0) is 0 Å². The topological polar surface area (TPSA) is 66.9 Å². The van der Waals surface area contributed by atoms with Crippen LogP contribution in [-0.4, -0.2) is 61.9 Å². The van der Waals surface area contributed by atoms with Crippen LogP contribution in [0.15, 0.2) is 60.0 Å². The summed E-state index contributed by atoms with van der Waals surface area (Å²) in [5.41, 5.74) is 2.12. The molecule has 3 heterocycles. The smallest absolute Gasteiger partial charge is 0.413 e. The van der Waals surface area contributed by atoms with Crippen molar-refractivity contribution in [3.05, 3.63) is 60.0 Å². The first-order valence-corrected chi connectivity index (χ1v) is 15.0. The lowest BCUT2D eigenvalue weighted by Crippen LogP contribution is -2.46. The summed E-state index contributed by atoms with van der Waals surface area (Å²) in [5.74, 6) is 1.08. The summed E-state index contributed by atoms with van der Waals surface area (Å²) in [5, 5.41) is 7.31. The van der Waals surface area contributed by atoms with Crippen LogP contribution < -0.4 is 19.7 Å². The number of amides is 1. The van der Waals surface area contributed by atoms with Crippen LogP contribution in [0.1, 0.15) is 39.0 Å². The fourth-order valence-electron chi connectivity index (χ4n) is 5.02. The Morgan fingerprint density at radius 1 is 1.00 bits per heavy atom. The molecule has 0 radical (unpaired) electrons. The normalized spacial score (nSPS) is 14.1. The maximum atomic E-state index is 12.0. The van der Waals surface area contributed by atoms with Gasteiger partial charge in [-0.25, -0.2) is 9.78 Å². The highest BCUT2D eigenvalue weighted by Crippen LogP contribution is 2.31. The molecule has 0 saturated carbocycles. The van der Waals surface area contributed by atoms with Gasteiger partial charge in [0.25, 0.3) is 0 Å². The van der Waals surface area contributed by atoms with Crippen molar-refractivity contribution in [3.63, 3.8) is 0 Å². The van der Waals surface area contributed by atoms with Crippen LogP contribution >= 0.6 is 11.3 Å². The molecule has 0 bridgehead atoms. The highest BCUT2D eigenvalue weighted by molar-refractivity contribution is 7.17. The molecule has 2 aromatic heterocycles. The molecule has 39 heavy (non-hydrogen) atoms. The van der Waals surface area contributed by atoms with Gasteiger partial charge in [-0.05, 0) is 67.6 Å². The number of benzene rings is 2. The van der Waals surface area contributed by atoms with Crippen LogP contribution in [0.25, 0.3) is 21.0 Å². The number of nitrogens with zero attached hydrogens (tertiary/aromatic N) is 3. The van der Waals surface area contributed by atoms with Gasteiger partial charge in [0.2, 0.25) is 5.88 Å². The van der Waals surface area contributed by atoms with E-state index in [-0.39, 0.29) is 0 Å². The van der Waals surface area contributed by atoms with Crippen molar-refractivity contribution in [2.75, 3.05) is 50.8 Å². The average Bonchev–Trinajstić information content (AvgIpc) is 3.45. The highest BCUT2D eigenvalue weighted by Gasteiger charge is 2.18. The van der Waals surface area contributed by atoms with Crippen molar-refractivity contribution in [1.82, 2.24) is 15.2 Å². The number of nitrogens with one attached hydrogen (secondary N) is 1. The van der Waals surface area contributed by atoms with Gasteiger partial charge in [0.05, 0.1) is 12.1 Å². The molecule has 1 fully saturated rings. The summed E-state index contributed by atoms with van der Waals surface area (Å²) in [7, 11) is 0. The number of ether oxygens (including phenoxy) is 2. The first kappa shape index (κ1) is 27.2. The number of anilines is 1. The van der Waals surface area contributed by atoms with Gasteiger partial charge in [-0.3, -0.25) is 4.90 Å². The summed E-state index contributed by atoms with van der Waals surface area (Å²) in [6.45, 7) is 8.84. The number of hydrogen-bond donors (Lipinski definition) is 1. The van der Waals surface area contributed by atoms with E-state index in [1.807, 2.05) is 35.6 Å². The summed E-state index contributed by atoms with van der Waals surface area (Å²) in [6.07, 6.45) is 4.78. The molecule has 1 N–H and O–H groups in total. The fourth-order valence-corrected chi connectivity index (χ4v) is 5.82. The number of thiophene rings is 1. The second-order valence-corrected chi connectivity index (χ2v) is 11.0. The van der Waals surface area contributed by atoms with Gasteiger partial charge in [0.1, 0.15) is 5.75 Å². The zero-order chi connectivity index (χ0) is 26.9. The predicted molar refractivity (Wildman–Crippen MR) is 161 cm³/mol. The second-order valence-electron chi connectivity index (χ2n) is 10.0. The molecule has 8 heteroatoms. The Labute approximate surface area is 234 Å². The first-order valence-electron chi connectivity index (χ1n) is 14.1. The molecule has 1 aliphatic heterocycles. The van der Waals surface area contributed by atoms with E-state index in [0.717, 1.165) is 81.5 Å². The maximum Gasteiger partial charge on any atom is 0.413 e. The molecule has 4 aromatic rings. The Balaban J connectivity index is 1.02. The van der Waals surface area contributed by atoms with E-state index >= 15 is 0 Å². The SMILES string of the molecule is CCCCCNC(=O)Oc1ccc2ccc(OCCCCN3CCN(c4cccc5sccc45)CC3)cc2n1. The minimum atomic E-state index is -0.466. The molecule has 0 spiro atoms. The molecule has 206 valence electrons. The van der Waals surface area contributed by atoms with Crippen molar-refractivity contribution in [2.24, 2.45) is 0 Å². The Kier molecular flexibility index (Phi) is 9.51. The molecule has 1 saturated heterocycles. The first-order chi connectivity index (χ1) is 19.2. The zero-order valence-corrected chi connectivity index (χ0v) is 23.5. The van der Waals surface area contributed by atoms with Gasteiger partial charge >= 0.3 is 6.09 Å². The predicted octanol–water partition coefficient (Wildman–Crippen LogP) is 6.71. The summed E-state index contributed by atoms with van der Waals surface area (Å²) >= 11 is 1.81. The van der Waals surface area contributed by atoms with Crippen LogP contribution in [0.5, 0.6) is 11.6 Å². The summed E-state index contributed by atoms with van der Waals surface area (Å²) in [4.78, 5) is 21.6. The number of pyridine rings is 1. The lowest BCUT2D eigenvalue weighted by atomic mass is 10.2. The van der Waals surface area contributed by atoms with Gasteiger partial charge in [-0.1, -0.05) is 25.8 Å². The quantitative estimate of drug-likeness (QED) is 0.199. The third-order valence-electron chi connectivity index (χ3n) is 7.21. The number of carbonyl (C=O) groups is 1. The molecule has 5 rings (SSSR count). The van der Waals surface area contributed by atoms with Crippen LogP contribution in [0, 0.1) is 0 Å². The molecule has 0 unspecified atom stereocenters. The van der Waals surface area contributed by atoms with Gasteiger partial charge in [0, 0.05) is 66.0 Å². The highest BCUT2D eigenvalue weighted by atomic mass is 32.1. The molecular weight excluding hydrogens is 508 g/mol. The summed E-state index contributed by atoms with van der Waals surface area (Å²) < 4.78 is 12.7. The van der Waals surface area contributed by atoms with Gasteiger partial charge in [-0.15, -0.1) is 11.3 Å². The van der Waals surface area contributed by atoms with Crippen molar-refractivity contribution < 1.29 is 14.3 Å². The molecular formula is C31H38N4O3S. The van der Waals surface area contributed by atoms with Crippen molar-refractivity contribution in [2.45, 2.75) is 39.0 Å². The van der Waals surface area contributed by atoms with Gasteiger partial charge in [-0.2, -0.15) is 0 Å². The van der Waals surface area contributed by atoms with Crippen molar-refractivity contribution in [3.8, 4) is 11.6 Å². The van der Waals surface area contributed by atoms with E-state index < -0.39 is 6.09 Å². The largest absolute Gasteiger partial charge is 0.494 e. The standard InChI is InChI=1S/C31H38N4O3S/c1-2-3-4-15-32-31(36)38-30-13-11-24-10-12-25(23-27(24)33-30)37-21-6-5-16-34-17-19-35(20-18-34)28-8-7-9-29-26(28)14-22-39-29/h7-14,22-23H,2-6,15-21H2,1H3,(H,32,36). The lowest BCUT2D eigenvalue weighted by Gasteiger charge is -2.36. The second kappa shape index (κ2) is 13.6. The number of fused-ring (bicyclic) bond motifs is 2. The number of rotatable bonds is 12. The Bertz CT molecular complexity index is 1370. The van der Waals surface area contributed by atoms with Crippen LogP contribution in [0.4, 0.5) is 10.5 Å². The number of unbranched alkanes of at least 4 members (excludes halogenated alkanes) is 3. The van der Waals surface area contributed by atoms with Crippen LogP contribution in [0.3, 0.4) is 0 Å². The Morgan fingerprint density at radius 2 is 1.87 bits per heavy atom. The van der Waals surface area contributed by atoms with Crippen molar-refractivity contribution in [1.29, 1.82) is 0 Å². The third-order valence-corrected chi connectivity index (χ3v) is 8.09. The molecule has 7 nitrogen and oxygen atoms in total. The zero-order valence-electron chi connectivity index (χ0n) is 22.7. The van der Waals surface area contributed by atoms with Gasteiger partial charge < -0.3 is 19.7 Å². The monoisotopic (exact) mass is 546 g/mol. The summed E-state index contributed by atoms with van der Waals surface area (Å²) in [6, 6.07) is 18.4. The minimum absolute atomic E-state index is 0.291. The van der Waals surface area contributed by atoms with E-state index in [0.29, 0.717) is 19.0 Å². The van der Waals surface area contributed by atoms with Crippen molar-refractivity contribution >= 4 is 44.1 Å².